The maximum absolute atomic E-state index is 5.96. The van der Waals surface area contributed by atoms with Gasteiger partial charge in [-0.15, -0.1) is 0 Å². The van der Waals surface area contributed by atoms with E-state index < -0.39 is 0 Å². The largest absolute Gasteiger partial charge is 0.493 e. The summed E-state index contributed by atoms with van der Waals surface area (Å²) in [5.41, 5.74) is 1.28. The number of benzene rings is 1. The van der Waals surface area contributed by atoms with Crippen LogP contribution in [0.3, 0.4) is 0 Å². The Labute approximate surface area is 129 Å². The highest BCUT2D eigenvalue weighted by molar-refractivity contribution is 5.36. The van der Waals surface area contributed by atoms with Crippen LogP contribution in [0.15, 0.2) is 24.3 Å². The first-order valence-corrected chi connectivity index (χ1v) is 8.38. The highest BCUT2D eigenvalue weighted by Gasteiger charge is 2.35. The maximum Gasteiger partial charge on any atom is 0.124 e. The smallest absolute Gasteiger partial charge is 0.124 e. The molecular weight excluding hydrogens is 262 g/mol. The molecule has 3 atom stereocenters. The van der Waals surface area contributed by atoms with Crippen molar-refractivity contribution in [3.8, 4) is 5.75 Å². The van der Waals surface area contributed by atoms with Crippen molar-refractivity contribution >= 4 is 0 Å². The Morgan fingerprint density at radius 1 is 1.29 bits per heavy atom. The number of rotatable bonds is 8. The molecule has 1 aliphatic heterocycles. The van der Waals surface area contributed by atoms with Crippen molar-refractivity contribution in [1.29, 1.82) is 0 Å². The second-order valence-corrected chi connectivity index (χ2v) is 5.69. The molecule has 21 heavy (non-hydrogen) atoms. The van der Waals surface area contributed by atoms with E-state index in [4.69, 9.17) is 9.47 Å². The number of ether oxygens (including phenoxy) is 2. The van der Waals surface area contributed by atoms with Gasteiger partial charge in [0.25, 0.3) is 0 Å². The molecule has 1 aliphatic rings. The minimum Gasteiger partial charge on any atom is -0.493 e. The first-order valence-electron chi connectivity index (χ1n) is 8.38. The quantitative estimate of drug-likeness (QED) is 0.787. The molecule has 3 unspecified atom stereocenters. The van der Waals surface area contributed by atoms with E-state index >= 15 is 0 Å². The molecule has 1 saturated heterocycles. The Morgan fingerprint density at radius 2 is 2.10 bits per heavy atom. The minimum absolute atomic E-state index is 0.315. The van der Waals surface area contributed by atoms with Gasteiger partial charge in [-0.1, -0.05) is 39.0 Å². The molecule has 0 amide bonds. The van der Waals surface area contributed by atoms with Gasteiger partial charge in [0, 0.05) is 24.1 Å². The van der Waals surface area contributed by atoms with Gasteiger partial charge in [0.1, 0.15) is 5.75 Å². The zero-order chi connectivity index (χ0) is 15.1. The third kappa shape index (κ3) is 3.98. The van der Waals surface area contributed by atoms with Crippen molar-refractivity contribution in [3.05, 3.63) is 29.8 Å². The second-order valence-electron chi connectivity index (χ2n) is 5.69. The number of para-hydroxylation sites is 1. The number of hydrogen-bond acceptors (Lipinski definition) is 3. The van der Waals surface area contributed by atoms with E-state index in [-0.39, 0.29) is 0 Å². The lowest BCUT2D eigenvalue weighted by Crippen LogP contribution is -2.33. The molecule has 3 heteroatoms. The van der Waals surface area contributed by atoms with Gasteiger partial charge in [0.05, 0.1) is 12.7 Å². The Morgan fingerprint density at radius 3 is 2.81 bits per heavy atom. The van der Waals surface area contributed by atoms with Crippen LogP contribution in [0.2, 0.25) is 0 Å². The topological polar surface area (TPSA) is 30.5 Å². The summed E-state index contributed by atoms with van der Waals surface area (Å²) in [5.74, 6) is 1.55. The summed E-state index contributed by atoms with van der Waals surface area (Å²) in [7, 11) is 0. The van der Waals surface area contributed by atoms with Gasteiger partial charge in [-0.05, 0) is 31.9 Å². The molecule has 0 aromatic heterocycles. The summed E-state index contributed by atoms with van der Waals surface area (Å²) < 4.78 is 11.9. The molecule has 118 valence electrons. The van der Waals surface area contributed by atoms with Crippen LogP contribution >= 0.6 is 0 Å². The lowest BCUT2D eigenvalue weighted by atomic mass is 9.86. The molecule has 0 saturated carbocycles. The van der Waals surface area contributed by atoms with Gasteiger partial charge in [-0.25, -0.2) is 0 Å². The third-order valence-corrected chi connectivity index (χ3v) is 4.23. The molecule has 0 bridgehead atoms. The molecule has 1 aromatic rings. The van der Waals surface area contributed by atoms with Crippen LogP contribution in [0.1, 0.15) is 51.6 Å². The van der Waals surface area contributed by atoms with E-state index in [9.17, 15) is 0 Å². The second kappa shape index (κ2) is 8.40. The number of nitrogens with one attached hydrogen (secondary N) is 1. The Kier molecular flexibility index (Phi) is 6.52. The molecule has 0 spiro atoms. The molecular formula is C18H29NO2. The molecule has 1 aromatic carbocycles. The van der Waals surface area contributed by atoms with Crippen molar-refractivity contribution in [2.45, 2.75) is 52.2 Å². The maximum atomic E-state index is 5.96. The Hall–Kier alpha value is -1.06. The first kappa shape index (κ1) is 16.3. The SMILES string of the molecule is CCCOc1ccccc1C(NCC)C1CCOC1CC. The van der Waals surface area contributed by atoms with E-state index in [0.29, 0.717) is 18.1 Å². The highest BCUT2D eigenvalue weighted by atomic mass is 16.5. The lowest BCUT2D eigenvalue weighted by Gasteiger charge is -2.29. The predicted octanol–water partition coefficient (Wildman–Crippen LogP) is 3.94. The monoisotopic (exact) mass is 291 g/mol. The average Bonchev–Trinajstić information content (AvgIpc) is 2.99. The lowest BCUT2D eigenvalue weighted by molar-refractivity contribution is 0.0772. The summed E-state index contributed by atoms with van der Waals surface area (Å²) in [5, 5.41) is 3.66. The molecule has 1 N–H and O–H groups in total. The van der Waals surface area contributed by atoms with Crippen molar-refractivity contribution in [2.24, 2.45) is 5.92 Å². The summed E-state index contributed by atoms with van der Waals surface area (Å²) in [6, 6.07) is 8.76. The van der Waals surface area contributed by atoms with E-state index in [0.717, 1.165) is 44.8 Å². The normalized spacial score (nSPS) is 23.2. The zero-order valence-corrected chi connectivity index (χ0v) is 13.6. The van der Waals surface area contributed by atoms with Crippen molar-refractivity contribution in [2.75, 3.05) is 19.8 Å². The van der Waals surface area contributed by atoms with Gasteiger partial charge >= 0.3 is 0 Å². The summed E-state index contributed by atoms with van der Waals surface area (Å²) >= 11 is 0. The third-order valence-electron chi connectivity index (χ3n) is 4.23. The fourth-order valence-corrected chi connectivity index (χ4v) is 3.26. The van der Waals surface area contributed by atoms with Crippen molar-refractivity contribution < 1.29 is 9.47 Å². The average molecular weight is 291 g/mol. The van der Waals surface area contributed by atoms with Crippen molar-refractivity contribution in [1.82, 2.24) is 5.32 Å². The Balaban J connectivity index is 2.25. The molecule has 0 radical (unpaired) electrons. The Bertz CT molecular complexity index is 421. The molecule has 1 heterocycles. The highest BCUT2D eigenvalue weighted by Crippen LogP contribution is 2.38. The van der Waals surface area contributed by atoms with Gasteiger partial charge in [0.2, 0.25) is 0 Å². The predicted molar refractivity (Wildman–Crippen MR) is 86.8 cm³/mol. The van der Waals surface area contributed by atoms with Crippen molar-refractivity contribution in [3.63, 3.8) is 0 Å². The van der Waals surface area contributed by atoms with Gasteiger partial charge < -0.3 is 14.8 Å². The number of hydrogen-bond donors (Lipinski definition) is 1. The first-order chi connectivity index (χ1) is 10.3. The van der Waals surface area contributed by atoms with Crippen LogP contribution in [-0.4, -0.2) is 25.9 Å². The van der Waals surface area contributed by atoms with E-state index in [1.165, 1.54) is 5.56 Å². The van der Waals surface area contributed by atoms with Crippen LogP contribution in [0.5, 0.6) is 5.75 Å². The standard InChI is InChI=1S/C18H29NO2/c1-4-12-20-17-10-8-7-9-14(17)18(19-6-3)15-11-13-21-16(15)5-2/h7-10,15-16,18-19H,4-6,11-13H2,1-3H3. The molecule has 0 aliphatic carbocycles. The molecule has 2 rings (SSSR count). The van der Waals surface area contributed by atoms with E-state index in [1.54, 1.807) is 0 Å². The molecule has 3 nitrogen and oxygen atoms in total. The summed E-state index contributed by atoms with van der Waals surface area (Å²) in [6.45, 7) is 9.13. The fraction of sp³-hybridized carbons (Fsp3) is 0.667. The van der Waals surface area contributed by atoms with Crippen LogP contribution in [-0.2, 0) is 4.74 Å². The van der Waals surface area contributed by atoms with E-state index in [1.807, 2.05) is 0 Å². The fourth-order valence-electron chi connectivity index (χ4n) is 3.26. The van der Waals surface area contributed by atoms with Gasteiger partial charge in [-0.2, -0.15) is 0 Å². The van der Waals surface area contributed by atoms with Gasteiger partial charge in [0.15, 0.2) is 0 Å². The molecule has 1 fully saturated rings. The summed E-state index contributed by atoms with van der Waals surface area (Å²) in [6.07, 6.45) is 3.58. The van der Waals surface area contributed by atoms with Crippen LogP contribution in [0, 0.1) is 5.92 Å². The minimum atomic E-state index is 0.315. The van der Waals surface area contributed by atoms with Crippen LogP contribution < -0.4 is 10.1 Å². The van der Waals surface area contributed by atoms with E-state index in [2.05, 4.69) is 50.4 Å². The zero-order valence-electron chi connectivity index (χ0n) is 13.6. The van der Waals surface area contributed by atoms with Crippen LogP contribution in [0.4, 0.5) is 0 Å². The summed E-state index contributed by atoms with van der Waals surface area (Å²) in [4.78, 5) is 0. The van der Waals surface area contributed by atoms with Crippen LogP contribution in [0.25, 0.3) is 0 Å². The van der Waals surface area contributed by atoms with Gasteiger partial charge in [-0.3, -0.25) is 0 Å².